The van der Waals surface area contributed by atoms with Crippen molar-refractivity contribution in [3.05, 3.63) is 62.9 Å². The second kappa shape index (κ2) is 8.74. The smallest absolute Gasteiger partial charge is 0.338 e. The Bertz CT molecular complexity index is 943. The van der Waals surface area contributed by atoms with Gasteiger partial charge in [-0.2, -0.15) is 0 Å². The minimum Gasteiger partial charge on any atom is -0.489 e. The first-order valence-electron chi connectivity index (χ1n) is 10.2. The van der Waals surface area contributed by atoms with Gasteiger partial charge in [-0.05, 0) is 80.5 Å². The van der Waals surface area contributed by atoms with Crippen molar-refractivity contribution in [2.24, 2.45) is 0 Å². The fourth-order valence-corrected chi connectivity index (χ4v) is 4.71. The van der Waals surface area contributed by atoms with E-state index in [4.69, 9.17) is 27.9 Å². The number of likely N-dealkylation sites (tertiary alicyclic amines) is 1. The first-order valence-corrected chi connectivity index (χ1v) is 11.0. The number of carboxylic acid groups (broad SMARTS) is 1. The summed E-state index contributed by atoms with van der Waals surface area (Å²) in [5, 5.41) is 10.5. The van der Waals surface area contributed by atoms with E-state index in [2.05, 4.69) is 11.8 Å². The van der Waals surface area contributed by atoms with Gasteiger partial charge in [0, 0.05) is 28.7 Å². The van der Waals surface area contributed by atoms with Crippen molar-refractivity contribution < 1.29 is 19.0 Å². The molecule has 7 heteroatoms. The third-order valence-corrected chi connectivity index (χ3v) is 6.40. The van der Waals surface area contributed by atoms with Gasteiger partial charge in [0.05, 0.1) is 5.56 Å². The summed E-state index contributed by atoms with van der Waals surface area (Å²) in [6.07, 6.45) is 3.68. The standard InChI is InChI=1S/C23H24Cl2FNO3/c1-13(15-7-16(24)9-17(25)8-15)27-6-2-3-18(12-27)30-22-11-21(26)20(23(28)29)10-19(22)14-4-5-14/h7-11,13-14,18H,2-6,12H2,1H3,(H,28,29)/t13-,18?/m0/s1. The number of rotatable bonds is 6. The first kappa shape index (κ1) is 21.4. The quantitative estimate of drug-likeness (QED) is 0.558. The zero-order chi connectivity index (χ0) is 21.4. The SMILES string of the molecule is C[C@@H](c1cc(Cl)cc(Cl)c1)N1CCCC(Oc2cc(F)c(C(=O)O)cc2C2CC2)C1. The van der Waals surface area contributed by atoms with Gasteiger partial charge in [0.1, 0.15) is 17.7 Å². The average Bonchev–Trinajstić information content (AvgIpc) is 3.52. The largest absolute Gasteiger partial charge is 0.489 e. The Balaban J connectivity index is 1.52. The number of piperidine rings is 1. The van der Waals surface area contributed by atoms with Crippen LogP contribution < -0.4 is 4.74 Å². The molecule has 1 saturated carbocycles. The fourth-order valence-electron chi connectivity index (χ4n) is 4.17. The van der Waals surface area contributed by atoms with Crippen LogP contribution in [0.1, 0.15) is 66.1 Å². The lowest BCUT2D eigenvalue weighted by Crippen LogP contribution is -2.42. The Hall–Kier alpha value is -1.82. The van der Waals surface area contributed by atoms with Gasteiger partial charge in [0.25, 0.3) is 0 Å². The summed E-state index contributed by atoms with van der Waals surface area (Å²) >= 11 is 12.3. The summed E-state index contributed by atoms with van der Waals surface area (Å²) < 4.78 is 20.6. The Morgan fingerprint density at radius 1 is 1.17 bits per heavy atom. The monoisotopic (exact) mass is 451 g/mol. The Kier molecular flexibility index (Phi) is 6.24. The van der Waals surface area contributed by atoms with Gasteiger partial charge < -0.3 is 9.84 Å². The lowest BCUT2D eigenvalue weighted by molar-refractivity contribution is 0.0647. The molecule has 4 nitrogen and oxygen atoms in total. The number of ether oxygens (including phenoxy) is 1. The molecule has 1 N–H and O–H groups in total. The van der Waals surface area contributed by atoms with Gasteiger partial charge in [-0.25, -0.2) is 9.18 Å². The van der Waals surface area contributed by atoms with Gasteiger partial charge in [-0.1, -0.05) is 23.2 Å². The van der Waals surface area contributed by atoms with E-state index in [-0.39, 0.29) is 23.6 Å². The van der Waals surface area contributed by atoms with Crippen LogP contribution in [0.25, 0.3) is 0 Å². The zero-order valence-corrected chi connectivity index (χ0v) is 18.2. The minimum atomic E-state index is -1.25. The molecule has 1 aliphatic heterocycles. The van der Waals surface area contributed by atoms with Crippen LogP contribution in [-0.2, 0) is 0 Å². The fraction of sp³-hybridized carbons (Fsp3) is 0.435. The molecular weight excluding hydrogens is 428 g/mol. The van der Waals surface area contributed by atoms with Crippen LogP contribution >= 0.6 is 23.2 Å². The van der Waals surface area contributed by atoms with E-state index in [0.29, 0.717) is 22.3 Å². The van der Waals surface area contributed by atoms with E-state index in [1.807, 2.05) is 12.1 Å². The highest BCUT2D eigenvalue weighted by atomic mass is 35.5. The number of halogens is 3. The van der Waals surface area contributed by atoms with Crippen molar-refractivity contribution in [3.63, 3.8) is 0 Å². The van der Waals surface area contributed by atoms with Crippen molar-refractivity contribution in [2.75, 3.05) is 13.1 Å². The molecule has 0 spiro atoms. The number of nitrogens with zero attached hydrogens (tertiary/aromatic N) is 1. The van der Waals surface area contributed by atoms with E-state index in [1.54, 1.807) is 6.07 Å². The Morgan fingerprint density at radius 3 is 2.50 bits per heavy atom. The van der Waals surface area contributed by atoms with Crippen molar-refractivity contribution in [1.82, 2.24) is 4.90 Å². The van der Waals surface area contributed by atoms with Crippen LogP contribution in [-0.4, -0.2) is 35.2 Å². The van der Waals surface area contributed by atoms with Crippen LogP contribution in [0.15, 0.2) is 30.3 Å². The molecular formula is C23H24Cl2FNO3. The summed E-state index contributed by atoms with van der Waals surface area (Å²) in [4.78, 5) is 13.6. The van der Waals surface area contributed by atoms with Gasteiger partial charge in [-0.3, -0.25) is 4.90 Å². The van der Waals surface area contributed by atoms with Gasteiger partial charge >= 0.3 is 5.97 Å². The maximum atomic E-state index is 14.3. The maximum Gasteiger partial charge on any atom is 0.338 e. The molecule has 0 bridgehead atoms. The topological polar surface area (TPSA) is 49.8 Å². The molecule has 1 saturated heterocycles. The minimum absolute atomic E-state index is 0.0940. The number of carboxylic acids is 1. The molecule has 2 aromatic rings. The molecule has 1 aliphatic carbocycles. The predicted molar refractivity (Wildman–Crippen MR) is 115 cm³/mol. The molecule has 0 amide bonds. The van der Waals surface area contributed by atoms with Crippen LogP contribution in [0.2, 0.25) is 10.0 Å². The summed E-state index contributed by atoms with van der Waals surface area (Å²) in [5.74, 6) is -1.27. The molecule has 1 heterocycles. The number of hydrogen-bond acceptors (Lipinski definition) is 3. The van der Waals surface area contributed by atoms with Crippen LogP contribution in [0.5, 0.6) is 5.75 Å². The second-order valence-corrected chi connectivity index (χ2v) is 9.08. The van der Waals surface area contributed by atoms with Crippen LogP contribution in [0.3, 0.4) is 0 Å². The molecule has 2 aliphatic rings. The molecule has 2 atom stereocenters. The first-order chi connectivity index (χ1) is 14.3. The van der Waals surface area contributed by atoms with E-state index in [9.17, 15) is 14.3 Å². The predicted octanol–water partition coefficient (Wildman–Crippen LogP) is 6.31. The van der Waals surface area contributed by atoms with Crippen molar-refractivity contribution in [3.8, 4) is 5.75 Å². The van der Waals surface area contributed by atoms with E-state index < -0.39 is 11.8 Å². The molecule has 2 fully saturated rings. The summed E-state index contributed by atoms with van der Waals surface area (Å²) in [5.41, 5.74) is 1.56. The Labute approximate surface area is 185 Å². The molecule has 0 aromatic heterocycles. The van der Waals surface area contributed by atoms with E-state index in [0.717, 1.165) is 43.4 Å². The summed E-state index contributed by atoms with van der Waals surface area (Å²) in [7, 11) is 0. The molecule has 4 rings (SSSR count). The molecule has 0 radical (unpaired) electrons. The van der Waals surface area contributed by atoms with Gasteiger partial charge in [0.15, 0.2) is 0 Å². The molecule has 2 aromatic carbocycles. The lowest BCUT2D eigenvalue weighted by Gasteiger charge is -2.37. The molecule has 160 valence electrons. The number of hydrogen-bond donors (Lipinski definition) is 1. The highest BCUT2D eigenvalue weighted by molar-refractivity contribution is 6.34. The van der Waals surface area contributed by atoms with Crippen molar-refractivity contribution >= 4 is 29.2 Å². The molecule has 1 unspecified atom stereocenters. The van der Waals surface area contributed by atoms with Crippen LogP contribution in [0.4, 0.5) is 4.39 Å². The maximum absolute atomic E-state index is 14.3. The van der Waals surface area contributed by atoms with Crippen molar-refractivity contribution in [2.45, 2.75) is 50.7 Å². The highest BCUT2D eigenvalue weighted by Crippen LogP contribution is 2.45. The van der Waals surface area contributed by atoms with Gasteiger partial charge in [-0.15, -0.1) is 0 Å². The summed E-state index contributed by atoms with van der Waals surface area (Å²) in [6.45, 7) is 3.73. The summed E-state index contributed by atoms with van der Waals surface area (Å²) in [6, 6.07) is 8.37. The van der Waals surface area contributed by atoms with E-state index in [1.165, 1.54) is 12.1 Å². The normalized spacial score (nSPS) is 20.7. The third kappa shape index (κ3) is 4.74. The number of benzene rings is 2. The van der Waals surface area contributed by atoms with E-state index >= 15 is 0 Å². The molecule has 30 heavy (non-hydrogen) atoms. The number of carbonyl (C=O) groups is 1. The average molecular weight is 452 g/mol. The number of aromatic carboxylic acids is 1. The van der Waals surface area contributed by atoms with Crippen LogP contribution in [0, 0.1) is 5.82 Å². The lowest BCUT2D eigenvalue weighted by atomic mass is 10.0. The second-order valence-electron chi connectivity index (χ2n) is 8.21. The highest BCUT2D eigenvalue weighted by Gasteiger charge is 2.32. The van der Waals surface area contributed by atoms with Gasteiger partial charge in [0.2, 0.25) is 0 Å². The third-order valence-electron chi connectivity index (χ3n) is 5.97. The Morgan fingerprint density at radius 2 is 1.87 bits per heavy atom. The zero-order valence-electron chi connectivity index (χ0n) is 16.7. The van der Waals surface area contributed by atoms with Crippen molar-refractivity contribution in [1.29, 1.82) is 0 Å².